The first-order chi connectivity index (χ1) is 57.6. The van der Waals surface area contributed by atoms with E-state index in [-0.39, 0.29) is 58.7 Å². The van der Waals surface area contributed by atoms with Gasteiger partial charge in [0.25, 0.3) is 5.91 Å². The molecule has 6 aromatic carbocycles. The third-order valence-corrected chi connectivity index (χ3v) is 22.6. The van der Waals surface area contributed by atoms with E-state index in [4.69, 9.17) is 57.4 Å². The standard InChI is InChI=1S/C84H102Cl2N10O25/c1-7-8-9-10-11-12-13-14-25-89-75(107)41-17-15-40(16-18-41)36-90-84(5)35-61(116-39(4)74(84)106)120-73-71(105)70(104)59(37-97)119-83(73)121-72-57-30-45-31-58(72)118-56-24-21-44(29-50(56)86)69(103)67-81(113)94-65(82(114)115)48-32-46(98)33-54(100)62(48)47-27-42(19-22-53(47)99)63(78(110)96-67)93-79(111)64(45)92-77(109)52(34-60(87)101)91-80(112)66(95-76(108)51(88-6)26-38(2)3)68(102)43-20-23-55(117-57)49(85)28-43/h15-24,27-33,38-39,51-52,59,61,63-71,73-74,83,88,90,97-100,102-106H,7-14,25-26,34-37H2,1-6H3,(H2,87,101)(H,89,107)(H,91,112)(H,92,109)(H,93,111)(H,94,113)(H,95,108)(H,96,110)(H,114,115)/t39-,51+,52-,59+,61-,63+,64+,65-,66+,67-,68+,69+,70+,71-,73+,74+,83-,84-/m0/s1. The van der Waals surface area contributed by atoms with Crippen LogP contribution < -0.4 is 67.8 Å². The number of fused-ring (bicyclic) bond motifs is 15. The number of carboxylic acids is 1. The fraction of sp³-hybridized carbons (Fsp3) is 0.464. The molecule has 8 amide bonds. The maximum absolute atomic E-state index is 16.2. The highest BCUT2D eigenvalue weighted by Crippen LogP contribution is 2.50. The molecule has 0 spiro atoms. The van der Waals surface area contributed by atoms with Crippen molar-refractivity contribution in [2.75, 3.05) is 20.2 Å². The lowest BCUT2D eigenvalue weighted by atomic mass is 9.84. The van der Waals surface area contributed by atoms with E-state index in [1.54, 1.807) is 38.1 Å². The Balaban J connectivity index is 1.05. The van der Waals surface area contributed by atoms with Crippen LogP contribution >= 0.6 is 23.2 Å². The number of phenolic OH excluding ortho intramolecular Hbond substituents is 3. The third kappa shape index (κ3) is 21.5. The van der Waals surface area contributed by atoms with Crippen LogP contribution in [0, 0.1) is 5.92 Å². The molecular formula is C84H102Cl2N10O25. The minimum absolute atomic E-state index is 0.110. The number of hydrogen-bond acceptors (Lipinski definition) is 26. The Labute approximate surface area is 705 Å². The molecule has 7 aliphatic heterocycles. The van der Waals surface area contributed by atoms with Crippen LogP contribution in [0.15, 0.2) is 103 Å². The normalized spacial score (nSPS) is 26.5. The maximum Gasteiger partial charge on any atom is 0.330 e. The third-order valence-electron chi connectivity index (χ3n) is 22.0. The molecule has 0 saturated carbocycles. The summed E-state index contributed by atoms with van der Waals surface area (Å²) >= 11 is 14.3. The number of halogens is 2. The predicted molar refractivity (Wildman–Crippen MR) is 433 cm³/mol. The number of benzene rings is 6. The summed E-state index contributed by atoms with van der Waals surface area (Å²) in [4.78, 5) is 131. The number of nitrogens with two attached hydrogens (primary N) is 1. The number of likely N-dealkylation sites (N-methyl/N-ethyl adjacent to an activating group) is 1. The molecule has 7 heterocycles. The van der Waals surface area contributed by atoms with Crippen molar-refractivity contribution in [1.29, 1.82) is 0 Å². The fourth-order valence-corrected chi connectivity index (χ4v) is 15.7. The molecule has 37 heteroatoms. The van der Waals surface area contributed by atoms with Crippen molar-refractivity contribution in [1.82, 2.24) is 47.9 Å². The molecule has 121 heavy (non-hydrogen) atoms. The highest BCUT2D eigenvalue weighted by Gasteiger charge is 2.52. The number of carbonyl (C=O) groups is 9. The Bertz CT molecular complexity index is 4820. The number of amides is 8. The summed E-state index contributed by atoms with van der Waals surface area (Å²) in [6, 6.07) is 6.17. The van der Waals surface area contributed by atoms with Gasteiger partial charge in [0.15, 0.2) is 29.9 Å². The van der Waals surface area contributed by atoms with E-state index in [2.05, 4.69) is 54.8 Å². The lowest BCUT2D eigenvalue weighted by Gasteiger charge is -2.48. The smallest absolute Gasteiger partial charge is 0.330 e. The van der Waals surface area contributed by atoms with Gasteiger partial charge in [-0.05, 0) is 134 Å². The van der Waals surface area contributed by atoms with Gasteiger partial charge in [-0.15, -0.1) is 0 Å². The molecule has 18 atom stereocenters. The Morgan fingerprint density at radius 3 is 1.89 bits per heavy atom. The minimum Gasteiger partial charge on any atom is -0.508 e. The number of primary amides is 1. The van der Waals surface area contributed by atoms with Crippen molar-refractivity contribution in [2.45, 2.75) is 221 Å². The number of nitrogens with one attached hydrogen (secondary N) is 9. The van der Waals surface area contributed by atoms with Crippen molar-refractivity contribution in [3.05, 3.63) is 152 Å². The zero-order valence-corrected chi connectivity index (χ0v) is 68.5. The lowest BCUT2D eigenvalue weighted by Crippen LogP contribution is -2.65. The first-order valence-electron chi connectivity index (χ1n) is 39.9. The lowest BCUT2D eigenvalue weighted by molar-refractivity contribution is -0.334. The van der Waals surface area contributed by atoms with E-state index < -0.39 is 237 Å². The van der Waals surface area contributed by atoms with Gasteiger partial charge < -0.3 is 133 Å². The van der Waals surface area contributed by atoms with Crippen molar-refractivity contribution >= 4 is 76.4 Å². The molecule has 21 N–H and O–H groups in total. The SMILES string of the molecule is CCCCCCCCCCNC(=O)c1ccc(CN[C@@]2(C)C[C@H](O[C@H]3[C@H](Oc4c5cc6cc4Oc4ccc(cc4Cl)[C@@H](O)[C@@H](NC(=O)[C@@H](CC(C)C)NC)C(=O)N[C@@H](CC(N)=O)C(=O)N[C@H]6C(=O)N[C@H]4C(=O)N[C@H](C(=O)N[C@H](C(=O)O)c6cc(O)cc(O)c6-c6cc4ccc6O)[C@H](O)c4ccc(c(Cl)c4)O5)O[C@H](CO)[C@@H](O)[C@@H]3O)O[C@@H](C)[C@H]2O)cc1. The van der Waals surface area contributed by atoms with Crippen LogP contribution in [0.4, 0.5) is 0 Å². The summed E-state index contributed by atoms with van der Waals surface area (Å²) in [5, 5.41) is 140. The number of phenols is 3. The number of unbranched alkanes of at least 4 members (excludes halogenated alkanes) is 7. The molecule has 0 radical (unpaired) electrons. The van der Waals surface area contributed by atoms with E-state index in [1.807, 2.05) is 13.8 Å². The monoisotopic (exact) mass is 1720 g/mol. The van der Waals surface area contributed by atoms with Crippen LogP contribution in [0.2, 0.25) is 10.0 Å². The molecule has 2 saturated heterocycles. The minimum atomic E-state index is -2.37. The molecule has 13 rings (SSSR count). The average Bonchev–Trinajstić information content (AvgIpc) is 0.766. The van der Waals surface area contributed by atoms with Crippen molar-refractivity contribution < 1.29 is 123 Å². The molecule has 652 valence electrons. The van der Waals surface area contributed by atoms with Gasteiger partial charge in [-0.1, -0.05) is 119 Å². The van der Waals surface area contributed by atoms with Crippen molar-refractivity contribution in [3.63, 3.8) is 0 Å². The molecule has 35 nitrogen and oxygen atoms in total. The highest BCUT2D eigenvalue weighted by atomic mass is 35.5. The zero-order chi connectivity index (χ0) is 87.6. The number of aliphatic hydroxyl groups excluding tert-OH is 6. The van der Waals surface area contributed by atoms with Gasteiger partial charge in [0.1, 0.15) is 89.5 Å². The van der Waals surface area contributed by atoms with E-state index in [1.165, 1.54) is 44.9 Å². The van der Waals surface area contributed by atoms with Gasteiger partial charge in [0, 0.05) is 53.4 Å². The summed E-state index contributed by atoms with van der Waals surface area (Å²) in [7, 11) is 1.48. The van der Waals surface area contributed by atoms with E-state index in [9.17, 15) is 79.8 Å². The molecule has 2 fully saturated rings. The number of ether oxygens (including phenoxy) is 6. The number of hydrogen-bond donors (Lipinski definition) is 20. The van der Waals surface area contributed by atoms with Gasteiger partial charge in [0.2, 0.25) is 53.4 Å². The number of rotatable bonds is 26. The molecule has 11 bridgehead atoms. The Morgan fingerprint density at radius 2 is 1.28 bits per heavy atom. The van der Waals surface area contributed by atoms with E-state index >= 15 is 14.4 Å². The van der Waals surface area contributed by atoms with Crippen LogP contribution in [0.3, 0.4) is 0 Å². The molecule has 0 aromatic heterocycles. The average molecular weight is 1720 g/mol. The molecule has 6 aromatic rings. The summed E-state index contributed by atoms with van der Waals surface area (Å²) < 4.78 is 39.5. The van der Waals surface area contributed by atoms with Gasteiger partial charge in [0.05, 0.1) is 41.3 Å². The van der Waals surface area contributed by atoms with Crippen LogP contribution in [-0.2, 0) is 59.1 Å². The van der Waals surface area contributed by atoms with Gasteiger partial charge in [-0.2, -0.15) is 0 Å². The molecule has 0 aliphatic carbocycles. The topological polar surface area (TPSA) is 546 Å². The van der Waals surface area contributed by atoms with Gasteiger partial charge >= 0.3 is 5.97 Å². The summed E-state index contributed by atoms with van der Waals surface area (Å²) in [6.45, 7) is 8.73. The van der Waals surface area contributed by atoms with Crippen molar-refractivity contribution in [3.8, 4) is 57.1 Å². The highest BCUT2D eigenvalue weighted by molar-refractivity contribution is 6.32. The fourth-order valence-electron chi connectivity index (χ4n) is 15.3. The predicted octanol–water partition coefficient (Wildman–Crippen LogP) is 4.81. The van der Waals surface area contributed by atoms with Crippen LogP contribution in [0.1, 0.15) is 179 Å². The second kappa shape index (κ2) is 40.0. The number of carbonyl (C=O) groups excluding carboxylic acids is 8. The summed E-state index contributed by atoms with van der Waals surface area (Å²) in [5.74, 6) is -16.3. The first-order valence-corrected chi connectivity index (χ1v) is 40.6. The van der Waals surface area contributed by atoms with E-state index in [0.717, 1.165) is 98.0 Å². The number of aliphatic carboxylic acids is 1. The van der Waals surface area contributed by atoms with Gasteiger partial charge in [-0.3, -0.25) is 38.4 Å². The first kappa shape index (κ1) is 91.2. The molecule has 7 aliphatic rings. The Hall–Kier alpha value is -10.5. The zero-order valence-electron chi connectivity index (χ0n) is 67.0. The Morgan fingerprint density at radius 1 is 0.669 bits per heavy atom. The number of aromatic hydroxyl groups is 3. The second-order valence-corrected chi connectivity index (χ2v) is 32.2. The molecular weight excluding hydrogens is 1620 g/mol. The quantitative estimate of drug-likeness (QED) is 0.0324. The van der Waals surface area contributed by atoms with Crippen LogP contribution in [-0.4, -0.2) is 203 Å². The number of aliphatic hydroxyl groups is 6. The largest absolute Gasteiger partial charge is 0.508 e. The van der Waals surface area contributed by atoms with Crippen molar-refractivity contribution in [2.24, 2.45) is 11.7 Å². The summed E-state index contributed by atoms with van der Waals surface area (Å²) in [5.41, 5.74) is 2.78. The number of carboxylic acid groups (broad SMARTS) is 1. The second-order valence-electron chi connectivity index (χ2n) is 31.4. The summed E-state index contributed by atoms with van der Waals surface area (Å²) in [6.07, 6.45) is -9.99. The van der Waals surface area contributed by atoms with Gasteiger partial charge in [-0.25, -0.2) is 4.79 Å². The molecule has 0 unspecified atom stereocenters. The van der Waals surface area contributed by atoms with E-state index in [0.29, 0.717) is 12.1 Å². The van der Waals surface area contributed by atoms with Crippen LogP contribution in [0.25, 0.3) is 11.1 Å². The van der Waals surface area contributed by atoms with Crippen LogP contribution in [0.5, 0.6) is 46.0 Å². The Kier molecular flexibility index (Phi) is 30.2. The maximum atomic E-state index is 16.2.